The summed E-state index contributed by atoms with van der Waals surface area (Å²) in [5.41, 5.74) is 2.09. The predicted octanol–water partition coefficient (Wildman–Crippen LogP) is -0.455. The van der Waals surface area contributed by atoms with Crippen LogP contribution in [0.4, 0.5) is 0 Å². The van der Waals surface area contributed by atoms with Crippen molar-refractivity contribution in [1.82, 2.24) is 5.48 Å². The molecule has 0 spiro atoms. The van der Waals surface area contributed by atoms with Crippen molar-refractivity contribution >= 4 is 11.9 Å². The molecule has 0 bridgehead atoms. The van der Waals surface area contributed by atoms with Crippen LogP contribution in [-0.4, -0.2) is 37.3 Å². The molecule has 0 aliphatic heterocycles. The van der Waals surface area contributed by atoms with Gasteiger partial charge in [0.1, 0.15) is 0 Å². The van der Waals surface area contributed by atoms with Gasteiger partial charge in [-0.25, -0.2) is 5.48 Å². The van der Waals surface area contributed by atoms with Crippen molar-refractivity contribution in [3.8, 4) is 0 Å². The Kier molecular flexibility index (Phi) is 6.85. The smallest absolute Gasteiger partial charge is 0.303 e. The minimum absolute atomic E-state index is 0.0810. The molecule has 0 atom stereocenters. The molecule has 1 amide bonds. The normalized spacial score (nSPS) is 9.62. The van der Waals surface area contributed by atoms with Crippen molar-refractivity contribution < 1.29 is 24.3 Å². The molecule has 2 N–H and O–H groups in total. The number of hydroxylamine groups is 1. The van der Waals surface area contributed by atoms with Crippen LogP contribution in [0.5, 0.6) is 0 Å². The molecule has 0 heterocycles. The lowest BCUT2D eigenvalue weighted by atomic mass is 10.3. The van der Waals surface area contributed by atoms with Gasteiger partial charge < -0.3 is 9.84 Å². The van der Waals surface area contributed by atoms with Crippen LogP contribution in [0.15, 0.2) is 0 Å². The molecule has 0 rings (SSSR count). The van der Waals surface area contributed by atoms with Crippen LogP contribution in [-0.2, 0) is 19.2 Å². The highest BCUT2D eigenvalue weighted by atomic mass is 16.7. The third-order valence-corrected chi connectivity index (χ3v) is 1.14. The Bertz CT molecular complexity index is 170. The summed E-state index contributed by atoms with van der Waals surface area (Å²) >= 11 is 0. The average Bonchev–Trinajstić information content (AvgIpc) is 2.09. The summed E-state index contributed by atoms with van der Waals surface area (Å²) in [5.74, 6) is -1.45. The van der Waals surface area contributed by atoms with Gasteiger partial charge in [-0.15, -0.1) is 0 Å². The predicted molar refractivity (Wildman–Crippen MR) is 42.8 cm³/mol. The first-order valence-electron chi connectivity index (χ1n) is 3.78. The number of carboxylic acids is 1. The monoisotopic (exact) mass is 191 g/mol. The molecule has 13 heavy (non-hydrogen) atoms. The first-order chi connectivity index (χ1) is 6.16. The molecule has 0 aromatic carbocycles. The lowest BCUT2D eigenvalue weighted by molar-refractivity contribution is -0.142. The number of hydrogen-bond donors (Lipinski definition) is 2. The van der Waals surface area contributed by atoms with Crippen LogP contribution < -0.4 is 5.48 Å². The number of hydrogen-bond acceptors (Lipinski definition) is 4. The van der Waals surface area contributed by atoms with Crippen molar-refractivity contribution in [2.24, 2.45) is 0 Å². The highest BCUT2D eigenvalue weighted by Crippen LogP contribution is 1.88. The SMILES string of the molecule is COCCONC(=O)CCC(=O)O. The highest BCUT2D eigenvalue weighted by Gasteiger charge is 2.04. The number of aliphatic carboxylic acids is 1. The van der Waals surface area contributed by atoms with E-state index < -0.39 is 11.9 Å². The maximum absolute atomic E-state index is 10.8. The van der Waals surface area contributed by atoms with E-state index in [0.717, 1.165) is 0 Å². The van der Waals surface area contributed by atoms with E-state index in [1.54, 1.807) is 0 Å². The fourth-order valence-corrected chi connectivity index (χ4v) is 0.528. The fourth-order valence-electron chi connectivity index (χ4n) is 0.528. The van der Waals surface area contributed by atoms with Crippen molar-refractivity contribution in [3.63, 3.8) is 0 Å². The van der Waals surface area contributed by atoms with Crippen LogP contribution in [0.25, 0.3) is 0 Å². The number of rotatable bonds is 7. The number of nitrogens with one attached hydrogen (secondary N) is 1. The molecule has 6 nitrogen and oxygen atoms in total. The minimum Gasteiger partial charge on any atom is -0.481 e. The van der Waals surface area contributed by atoms with Gasteiger partial charge >= 0.3 is 5.97 Å². The fraction of sp³-hybridized carbons (Fsp3) is 0.714. The number of methoxy groups -OCH3 is 1. The molecule has 76 valence electrons. The summed E-state index contributed by atoms with van der Waals surface area (Å²) in [7, 11) is 1.51. The summed E-state index contributed by atoms with van der Waals surface area (Å²) in [6.07, 6.45) is -0.276. The topological polar surface area (TPSA) is 84.9 Å². The zero-order chi connectivity index (χ0) is 10.1. The molecule has 0 saturated heterocycles. The Hall–Kier alpha value is -1.14. The Balaban J connectivity index is 3.25. The van der Waals surface area contributed by atoms with Gasteiger partial charge in [-0.1, -0.05) is 0 Å². The third kappa shape index (κ3) is 8.77. The van der Waals surface area contributed by atoms with Gasteiger partial charge in [-0.3, -0.25) is 14.4 Å². The molecule has 0 radical (unpaired) electrons. The number of amides is 1. The van der Waals surface area contributed by atoms with Crippen molar-refractivity contribution in [2.45, 2.75) is 12.8 Å². The lowest BCUT2D eigenvalue weighted by Gasteiger charge is -2.03. The first kappa shape index (κ1) is 11.9. The molecule has 0 aromatic heterocycles. The average molecular weight is 191 g/mol. The van der Waals surface area contributed by atoms with E-state index in [9.17, 15) is 9.59 Å². The largest absolute Gasteiger partial charge is 0.481 e. The van der Waals surface area contributed by atoms with E-state index in [4.69, 9.17) is 5.11 Å². The van der Waals surface area contributed by atoms with Crippen LogP contribution >= 0.6 is 0 Å². The van der Waals surface area contributed by atoms with Crippen molar-refractivity contribution in [3.05, 3.63) is 0 Å². The Morgan fingerprint density at radius 3 is 2.54 bits per heavy atom. The number of ether oxygens (including phenoxy) is 1. The zero-order valence-electron chi connectivity index (χ0n) is 7.41. The second kappa shape index (κ2) is 7.51. The van der Waals surface area contributed by atoms with Gasteiger partial charge in [-0.05, 0) is 0 Å². The summed E-state index contributed by atoms with van der Waals surface area (Å²) in [6.45, 7) is 0.620. The molecule has 0 saturated carbocycles. The van der Waals surface area contributed by atoms with Crippen LogP contribution in [0.3, 0.4) is 0 Å². The maximum atomic E-state index is 10.8. The van der Waals surface area contributed by atoms with E-state index in [1.807, 2.05) is 0 Å². The summed E-state index contributed by atoms with van der Waals surface area (Å²) in [4.78, 5) is 25.5. The Morgan fingerprint density at radius 1 is 1.31 bits per heavy atom. The van der Waals surface area contributed by atoms with Crippen molar-refractivity contribution in [1.29, 1.82) is 0 Å². The van der Waals surface area contributed by atoms with Gasteiger partial charge in [0.25, 0.3) is 0 Å². The van der Waals surface area contributed by atoms with Crippen LogP contribution in [0, 0.1) is 0 Å². The summed E-state index contributed by atoms with van der Waals surface area (Å²) < 4.78 is 4.65. The van der Waals surface area contributed by atoms with Gasteiger partial charge in [-0.2, -0.15) is 0 Å². The molecule has 0 fully saturated rings. The molecule has 6 heteroatoms. The highest BCUT2D eigenvalue weighted by molar-refractivity contribution is 5.79. The molecule has 0 unspecified atom stereocenters. The van der Waals surface area contributed by atoms with E-state index in [1.165, 1.54) is 7.11 Å². The molecule has 0 aliphatic rings. The lowest BCUT2D eigenvalue weighted by Crippen LogP contribution is -2.25. The zero-order valence-corrected chi connectivity index (χ0v) is 7.41. The first-order valence-corrected chi connectivity index (χ1v) is 3.78. The number of carbonyl (C=O) groups is 2. The van der Waals surface area contributed by atoms with Gasteiger partial charge in [0.05, 0.1) is 19.6 Å². The van der Waals surface area contributed by atoms with E-state index >= 15 is 0 Å². The van der Waals surface area contributed by atoms with Gasteiger partial charge in [0.2, 0.25) is 5.91 Å². The van der Waals surface area contributed by atoms with E-state index in [2.05, 4.69) is 15.1 Å². The quantitative estimate of drug-likeness (QED) is 0.420. The molecule has 0 aromatic rings. The van der Waals surface area contributed by atoms with Crippen LogP contribution in [0.2, 0.25) is 0 Å². The number of carbonyl (C=O) groups excluding carboxylic acids is 1. The number of carboxylic acid groups (broad SMARTS) is 1. The standard InChI is InChI=1S/C7H13NO5/c1-12-4-5-13-8-6(9)2-3-7(10)11/h2-5H2,1H3,(H,8,9)(H,10,11). The molecular weight excluding hydrogens is 178 g/mol. The van der Waals surface area contributed by atoms with Crippen molar-refractivity contribution in [2.75, 3.05) is 20.3 Å². The molecular formula is C7H13NO5. The summed E-state index contributed by atoms with van der Waals surface area (Å²) in [5, 5.41) is 8.23. The minimum atomic E-state index is -1.01. The third-order valence-electron chi connectivity index (χ3n) is 1.14. The van der Waals surface area contributed by atoms with E-state index in [0.29, 0.717) is 6.61 Å². The van der Waals surface area contributed by atoms with E-state index in [-0.39, 0.29) is 19.4 Å². The molecule has 0 aliphatic carbocycles. The second-order valence-corrected chi connectivity index (χ2v) is 2.26. The summed E-state index contributed by atoms with van der Waals surface area (Å²) in [6, 6.07) is 0. The van der Waals surface area contributed by atoms with Gasteiger partial charge in [0.15, 0.2) is 0 Å². The van der Waals surface area contributed by atoms with Crippen LogP contribution in [0.1, 0.15) is 12.8 Å². The maximum Gasteiger partial charge on any atom is 0.303 e. The Labute approximate surface area is 75.8 Å². The Morgan fingerprint density at radius 2 is 2.00 bits per heavy atom. The second-order valence-electron chi connectivity index (χ2n) is 2.26. The van der Waals surface area contributed by atoms with Gasteiger partial charge in [0, 0.05) is 13.5 Å².